The predicted molar refractivity (Wildman–Crippen MR) is 108 cm³/mol. The number of hydrogen-bond donors (Lipinski definition) is 0. The molecular formula is C23H24N2O. The first kappa shape index (κ1) is 16.8. The largest absolute Gasteiger partial charge is 0.371 e. The molecule has 0 amide bonds. The van der Waals surface area contributed by atoms with Gasteiger partial charge in [-0.3, -0.25) is 9.78 Å². The Morgan fingerprint density at radius 3 is 2.31 bits per heavy atom. The zero-order valence-corrected chi connectivity index (χ0v) is 15.5. The quantitative estimate of drug-likeness (QED) is 0.596. The number of rotatable bonds is 3. The minimum atomic E-state index is 0.0959. The maximum absolute atomic E-state index is 11.5. The Morgan fingerprint density at radius 2 is 1.62 bits per heavy atom. The molecule has 0 unspecified atom stereocenters. The van der Waals surface area contributed by atoms with Gasteiger partial charge >= 0.3 is 0 Å². The summed E-state index contributed by atoms with van der Waals surface area (Å²) in [6, 6.07) is 16.6. The van der Waals surface area contributed by atoms with E-state index in [1.165, 1.54) is 30.3 Å². The molecule has 132 valence electrons. The summed E-state index contributed by atoms with van der Waals surface area (Å²) in [4.78, 5) is 18.8. The van der Waals surface area contributed by atoms with Gasteiger partial charge in [0.05, 0.1) is 5.52 Å². The number of aromatic nitrogens is 1. The van der Waals surface area contributed by atoms with E-state index >= 15 is 0 Å². The van der Waals surface area contributed by atoms with Gasteiger partial charge in [-0.25, -0.2) is 0 Å². The van der Waals surface area contributed by atoms with E-state index in [4.69, 9.17) is 4.98 Å². The number of anilines is 1. The third kappa shape index (κ3) is 3.22. The normalized spacial score (nSPS) is 14.6. The van der Waals surface area contributed by atoms with Crippen molar-refractivity contribution in [2.75, 3.05) is 18.0 Å². The zero-order chi connectivity index (χ0) is 18.1. The molecule has 0 atom stereocenters. The van der Waals surface area contributed by atoms with Crippen LogP contribution in [0.1, 0.15) is 42.2 Å². The molecule has 1 aliphatic rings. The van der Waals surface area contributed by atoms with Crippen molar-refractivity contribution in [2.24, 2.45) is 0 Å². The van der Waals surface area contributed by atoms with E-state index in [1.807, 2.05) is 24.3 Å². The van der Waals surface area contributed by atoms with Crippen LogP contribution >= 0.6 is 0 Å². The van der Waals surface area contributed by atoms with Gasteiger partial charge in [-0.05, 0) is 56.4 Å². The molecule has 26 heavy (non-hydrogen) atoms. The van der Waals surface area contributed by atoms with Crippen LogP contribution in [0.5, 0.6) is 0 Å². The summed E-state index contributed by atoms with van der Waals surface area (Å²) in [7, 11) is 0. The molecule has 1 fully saturated rings. The minimum Gasteiger partial charge on any atom is -0.371 e. The number of carbonyl (C=O) groups is 1. The predicted octanol–water partition coefficient (Wildman–Crippen LogP) is 5.40. The van der Waals surface area contributed by atoms with E-state index in [1.54, 1.807) is 6.92 Å². The van der Waals surface area contributed by atoms with Crippen LogP contribution in [-0.4, -0.2) is 23.9 Å². The van der Waals surface area contributed by atoms with E-state index in [9.17, 15) is 4.79 Å². The number of carbonyl (C=O) groups excluding carboxylic acids is 1. The molecule has 0 bridgehead atoms. The maximum atomic E-state index is 11.5. The highest BCUT2D eigenvalue weighted by Gasteiger charge is 2.15. The van der Waals surface area contributed by atoms with Gasteiger partial charge in [-0.1, -0.05) is 36.4 Å². The monoisotopic (exact) mass is 344 g/mol. The molecule has 4 rings (SSSR count). The molecule has 0 aliphatic carbocycles. The molecule has 0 saturated carbocycles. The lowest BCUT2D eigenvalue weighted by atomic mass is 10.00. The first-order valence-corrected chi connectivity index (χ1v) is 9.39. The fourth-order valence-electron chi connectivity index (χ4n) is 3.81. The van der Waals surface area contributed by atoms with Crippen molar-refractivity contribution in [1.29, 1.82) is 0 Å². The van der Waals surface area contributed by atoms with Crippen LogP contribution in [-0.2, 0) is 0 Å². The average Bonchev–Trinajstić information content (AvgIpc) is 2.67. The van der Waals surface area contributed by atoms with Crippen LogP contribution in [0.2, 0.25) is 0 Å². The van der Waals surface area contributed by atoms with Gasteiger partial charge in [0.1, 0.15) is 0 Å². The van der Waals surface area contributed by atoms with Crippen LogP contribution in [0.15, 0.2) is 48.5 Å². The average molecular weight is 344 g/mol. The van der Waals surface area contributed by atoms with Crippen molar-refractivity contribution in [3.05, 3.63) is 59.8 Å². The van der Waals surface area contributed by atoms with E-state index in [0.29, 0.717) is 0 Å². The van der Waals surface area contributed by atoms with E-state index in [-0.39, 0.29) is 5.78 Å². The Morgan fingerprint density at radius 1 is 0.923 bits per heavy atom. The lowest BCUT2D eigenvalue weighted by Crippen LogP contribution is -2.29. The molecular weight excluding hydrogens is 320 g/mol. The van der Waals surface area contributed by atoms with Gasteiger partial charge in [0.2, 0.25) is 0 Å². The lowest BCUT2D eigenvalue weighted by molar-refractivity contribution is 0.101. The Bertz CT molecular complexity index is 954. The number of nitrogens with zero attached hydrogens (tertiary/aromatic N) is 2. The number of fused-ring (bicyclic) bond motifs is 1. The summed E-state index contributed by atoms with van der Waals surface area (Å²) < 4.78 is 0. The molecule has 1 aliphatic heterocycles. The number of ketones is 1. The minimum absolute atomic E-state index is 0.0959. The Balaban J connectivity index is 1.76. The molecule has 0 N–H and O–H groups in total. The second-order valence-corrected chi connectivity index (χ2v) is 7.20. The van der Waals surface area contributed by atoms with Crippen LogP contribution < -0.4 is 4.90 Å². The molecule has 1 saturated heterocycles. The van der Waals surface area contributed by atoms with Crippen molar-refractivity contribution in [1.82, 2.24) is 4.98 Å². The molecule has 3 nitrogen and oxygen atoms in total. The van der Waals surface area contributed by atoms with Crippen molar-refractivity contribution < 1.29 is 4.79 Å². The highest BCUT2D eigenvalue weighted by Crippen LogP contribution is 2.32. The van der Waals surface area contributed by atoms with Crippen molar-refractivity contribution >= 4 is 22.4 Å². The van der Waals surface area contributed by atoms with Crippen molar-refractivity contribution in [2.45, 2.75) is 33.1 Å². The molecule has 0 spiro atoms. The van der Waals surface area contributed by atoms with Gasteiger partial charge in [0.15, 0.2) is 5.78 Å². The van der Waals surface area contributed by atoms with Crippen molar-refractivity contribution in [3.63, 3.8) is 0 Å². The van der Waals surface area contributed by atoms with E-state index in [2.05, 4.69) is 36.1 Å². The van der Waals surface area contributed by atoms with Crippen molar-refractivity contribution in [3.8, 4) is 11.1 Å². The van der Waals surface area contributed by atoms with Gasteiger partial charge in [-0.2, -0.15) is 0 Å². The zero-order valence-electron chi connectivity index (χ0n) is 15.5. The van der Waals surface area contributed by atoms with Gasteiger partial charge in [0.25, 0.3) is 0 Å². The highest BCUT2D eigenvalue weighted by atomic mass is 16.1. The summed E-state index contributed by atoms with van der Waals surface area (Å²) in [5, 5.41) is 1.22. The van der Waals surface area contributed by atoms with Gasteiger partial charge < -0.3 is 4.90 Å². The van der Waals surface area contributed by atoms with Crippen LogP contribution in [0.3, 0.4) is 0 Å². The topological polar surface area (TPSA) is 33.2 Å². The number of aryl methyl sites for hydroxylation is 1. The Hall–Kier alpha value is -2.68. The van der Waals surface area contributed by atoms with E-state index < -0.39 is 0 Å². The second kappa shape index (κ2) is 6.91. The summed E-state index contributed by atoms with van der Waals surface area (Å²) in [5.41, 5.74) is 6.40. The third-order valence-corrected chi connectivity index (χ3v) is 5.24. The number of piperidine rings is 1. The molecule has 0 radical (unpaired) electrons. The number of pyridine rings is 1. The summed E-state index contributed by atoms with van der Waals surface area (Å²) >= 11 is 0. The smallest absolute Gasteiger partial charge is 0.159 e. The third-order valence-electron chi connectivity index (χ3n) is 5.24. The summed E-state index contributed by atoms with van der Waals surface area (Å²) in [5.74, 6) is 0.0959. The Kier molecular flexibility index (Phi) is 4.46. The first-order chi connectivity index (χ1) is 12.6. The SMILES string of the molecule is CC(=O)c1ccc(-c2ccc3c(N4CCCCC4)cc(C)nc3c2)cc1. The second-order valence-electron chi connectivity index (χ2n) is 7.20. The maximum Gasteiger partial charge on any atom is 0.159 e. The Labute approximate surface area is 154 Å². The summed E-state index contributed by atoms with van der Waals surface area (Å²) in [6.07, 6.45) is 3.87. The molecule has 3 heteroatoms. The standard InChI is InChI=1S/C23H24N2O/c1-16-14-23(25-12-4-3-5-13-25)21-11-10-20(15-22(21)24-16)19-8-6-18(7-9-19)17(2)26/h6-11,14-15H,3-5,12-13H2,1-2H3. The van der Waals surface area contributed by atoms with Gasteiger partial charge in [0, 0.05) is 35.4 Å². The number of hydrogen-bond acceptors (Lipinski definition) is 3. The first-order valence-electron chi connectivity index (χ1n) is 9.39. The summed E-state index contributed by atoms with van der Waals surface area (Å²) in [6.45, 7) is 5.93. The number of benzene rings is 2. The molecule has 3 aromatic rings. The fraction of sp³-hybridized carbons (Fsp3) is 0.304. The molecule has 1 aromatic heterocycles. The van der Waals surface area contributed by atoms with Crippen LogP contribution in [0.4, 0.5) is 5.69 Å². The molecule has 2 aromatic carbocycles. The highest BCUT2D eigenvalue weighted by molar-refractivity contribution is 5.96. The number of Topliss-reactive ketones (excluding diaryl/α,β-unsaturated/α-hetero) is 1. The van der Waals surface area contributed by atoms with Crippen LogP contribution in [0.25, 0.3) is 22.0 Å². The lowest BCUT2D eigenvalue weighted by Gasteiger charge is -2.30. The molecule has 2 heterocycles. The van der Waals surface area contributed by atoms with Crippen LogP contribution in [0, 0.1) is 6.92 Å². The van der Waals surface area contributed by atoms with Gasteiger partial charge in [-0.15, -0.1) is 0 Å². The fourth-order valence-corrected chi connectivity index (χ4v) is 3.81. The van der Waals surface area contributed by atoms with E-state index in [0.717, 1.165) is 41.0 Å².